The van der Waals surface area contributed by atoms with Gasteiger partial charge < -0.3 is 14.2 Å². The molecule has 0 bridgehead atoms. The molecule has 0 saturated carbocycles. The summed E-state index contributed by atoms with van der Waals surface area (Å²) in [5, 5.41) is 3.95. The molecule has 0 aliphatic heterocycles. The molecule has 3 aromatic carbocycles. The van der Waals surface area contributed by atoms with Gasteiger partial charge in [-0.05, 0) is 42.5 Å². The number of halogens is 1. The minimum absolute atomic E-state index is 0.0736. The number of hydrogen-bond acceptors (Lipinski definition) is 7. The Morgan fingerprint density at radius 3 is 2.29 bits per heavy atom. The SMILES string of the molecule is COc1ccc(N(CC(=O)N/N=C\c2ccccc2Br)S(=O)(=O)c2ccc(OC)c(OC)c2)cc1. The molecule has 1 amide bonds. The number of amides is 1. The lowest BCUT2D eigenvalue weighted by Gasteiger charge is -2.24. The minimum Gasteiger partial charge on any atom is -0.497 e. The highest BCUT2D eigenvalue weighted by Gasteiger charge is 2.28. The number of ether oxygens (including phenoxy) is 3. The number of hydrazone groups is 1. The predicted molar refractivity (Wildman–Crippen MR) is 137 cm³/mol. The van der Waals surface area contributed by atoms with Gasteiger partial charge in [-0.15, -0.1) is 0 Å². The number of nitrogens with one attached hydrogen (secondary N) is 1. The summed E-state index contributed by atoms with van der Waals surface area (Å²) in [4.78, 5) is 12.6. The average molecular weight is 562 g/mol. The maximum Gasteiger partial charge on any atom is 0.264 e. The summed E-state index contributed by atoms with van der Waals surface area (Å²) >= 11 is 3.40. The molecule has 35 heavy (non-hydrogen) atoms. The second-order valence-corrected chi connectivity index (χ2v) is 9.76. The zero-order valence-corrected chi connectivity index (χ0v) is 21.7. The Labute approximate surface area is 212 Å². The monoisotopic (exact) mass is 561 g/mol. The van der Waals surface area contributed by atoms with Gasteiger partial charge >= 0.3 is 0 Å². The minimum atomic E-state index is -4.17. The number of anilines is 1. The van der Waals surface area contributed by atoms with Gasteiger partial charge in [-0.2, -0.15) is 5.10 Å². The van der Waals surface area contributed by atoms with Crippen molar-refractivity contribution in [2.45, 2.75) is 4.90 Å². The van der Waals surface area contributed by atoms with Crippen molar-refractivity contribution in [3.05, 3.63) is 76.8 Å². The van der Waals surface area contributed by atoms with E-state index in [0.717, 1.165) is 14.3 Å². The van der Waals surface area contributed by atoms with Crippen LogP contribution >= 0.6 is 15.9 Å². The highest BCUT2D eigenvalue weighted by molar-refractivity contribution is 9.10. The molecule has 0 heterocycles. The van der Waals surface area contributed by atoms with E-state index in [1.165, 1.54) is 45.7 Å². The van der Waals surface area contributed by atoms with Crippen molar-refractivity contribution in [2.24, 2.45) is 5.10 Å². The molecule has 11 heteroatoms. The summed E-state index contributed by atoms with van der Waals surface area (Å²) in [5.74, 6) is 0.528. The number of rotatable bonds is 10. The van der Waals surface area contributed by atoms with Gasteiger partial charge in [0.1, 0.15) is 12.3 Å². The molecule has 0 aliphatic rings. The van der Waals surface area contributed by atoms with Gasteiger partial charge in [0, 0.05) is 16.1 Å². The summed E-state index contributed by atoms with van der Waals surface area (Å²) < 4.78 is 44.6. The summed E-state index contributed by atoms with van der Waals surface area (Å²) in [5.41, 5.74) is 3.40. The number of methoxy groups -OCH3 is 3. The molecule has 3 aromatic rings. The first-order chi connectivity index (χ1) is 16.8. The van der Waals surface area contributed by atoms with E-state index in [0.29, 0.717) is 11.5 Å². The number of benzene rings is 3. The Hall–Kier alpha value is -3.57. The van der Waals surface area contributed by atoms with Crippen LogP contribution in [-0.2, 0) is 14.8 Å². The van der Waals surface area contributed by atoms with E-state index >= 15 is 0 Å². The Bertz CT molecular complexity index is 1310. The fraction of sp³-hybridized carbons (Fsp3) is 0.167. The highest BCUT2D eigenvalue weighted by atomic mass is 79.9. The van der Waals surface area contributed by atoms with E-state index in [1.54, 1.807) is 24.3 Å². The van der Waals surface area contributed by atoms with Crippen LogP contribution in [0.3, 0.4) is 0 Å². The third-order valence-corrected chi connectivity index (χ3v) is 7.38. The van der Waals surface area contributed by atoms with Gasteiger partial charge in [-0.3, -0.25) is 9.10 Å². The standard InChI is InChI=1S/C24H24BrN3O6S/c1-32-19-10-8-18(9-11-19)28(16-24(29)27-26-15-17-6-4-5-7-21(17)25)35(30,31)20-12-13-22(33-2)23(14-20)34-3/h4-15H,16H2,1-3H3,(H,27,29)/b26-15-. The van der Waals surface area contributed by atoms with Crippen LogP contribution in [0.1, 0.15) is 5.56 Å². The molecule has 0 spiro atoms. The van der Waals surface area contributed by atoms with Crippen LogP contribution in [-0.4, -0.2) is 48.4 Å². The van der Waals surface area contributed by atoms with E-state index in [9.17, 15) is 13.2 Å². The molecular formula is C24H24BrN3O6S. The molecular weight excluding hydrogens is 538 g/mol. The van der Waals surface area contributed by atoms with Gasteiger partial charge in [-0.1, -0.05) is 34.1 Å². The van der Waals surface area contributed by atoms with Crippen molar-refractivity contribution < 1.29 is 27.4 Å². The largest absolute Gasteiger partial charge is 0.497 e. The maximum absolute atomic E-state index is 13.6. The number of hydrogen-bond donors (Lipinski definition) is 1. The smallest absolute Gasteiger partial charge is 0.264 e. The quantitative estimate of drug-likeness (QED) is 0.298. The summed E-state index contributed by atoms with van der Waals surface area (Å²) in [6.45, 7) is -0.518. The highest BCUT2D eigenvalue weighted by Crippen LogP contribution is 2.32. The van der Waals surface area contributed by atoms with Crippen LogP contribution in [0, 0.1) is 0 Å². The van der Waals surface area contributed by atoms with E-state index < -0.39 is 22.5 Å². The third-order valence-electron chi connectivity index (χ3n) is 4.89. The first-order valence-corrected chi connectivity index (χ1v) is 12.5. The van der Waals surface area contributed by atoms with E-state index in [2.05, 4.69) is 26.5 Å². The Morgan fingerprint density at radius 1 is 0.971 bits per heavy atom. The Balaban J connectivity index is 1.91. The van der Waals surface area contributed by atoms with Gasteiger partial charge in [0.2, 0.25) is 0 Å². The number of nitrogens with zero attached hydrogens (tertiary/aromatic N) is 2. The first kappa shape index (κ1) is 26.0. The fourth-order valence-corrected chi connectivity index (χ4v) is 4.91. The van der Waals surface area contributed by atoms with Crippen LogP contribution in [0.4, 0.5) is 5.69 Å². The van der Waals surface area contributed by atoms with E-state index in [-0.39, 0.29) is 16.3 Å². The first-order valence-electron chi connectivity index (χ1n) is 10.3. The molecule has 0 saturated heterocycles. The Morgan fingerprint density at radius 2 is 1.66 bits per heavy atom. The molecule has 3 rings (SSSR count). The molecule has 0 radical (unpaired) electrons. The number of sulfonamides is 1. The lowest BCUT2D eigenvalue weighted by molar-refractivity contribution is -0.119. The molecule has 0 aromatic heterocycles. The van der Waals surface area contributed by atoms with Crippen molar-refractivity contribution in [3.8, 4) is 17.2 Å². The second-order valence-electron chi connectivity index (χ2n) is 7.04. The van der Waals surface area contributed by atoms with Crippen molar-refractivity contribution in [1.29, 1.82) is 0 Å². The maximum atomic E-state index is 13.6. The van der Waals surface area contributed by atoms with Crippen molar-refractivity contribution in [3.63, 3.8) is 0 Å². The molecule has 1 N–H and O–H groups in total. The number of carbonyl (C=O) groups excluding carboxylic acids is 1. The third kappa shape index (κ3) is 6.31. The van der Waals surface area contributed by atoms with Crippen LogP contribution in [0.2, 0.25) is 0 Å². The van der Waals surface area contributed by atoms with Crippen LogP contribution in [0.25, 0.3) is 0 Å². The van der Waals surface area contributed by atoms with Gasteiger partial charge in [0.05, 0.1) is 38.1 Å². The Kier molecular flexibility index (Phi) is 8.72. The normalized spacial score (nSPS) is 11.2. The zero-order valence-electron chi connectivity index (χ0n) is 19.3. The van der Waals surface area contributed by atoms with Gasteiger partial charge in [0.15, 0.2) is 11.5 Å². The summed E-state index contributed by atoms with van der Waals surface area (Å²) in [6, 6.07) is 17.9. The average Bonchev–Trinajstić information content (AvgIpc) is 2.88. The second kappa shape index (κ2) is 11.7. The molecule has 0 aliphatic carbocycles. The van der Waals surface area contributed by atoms with E-state index in [1.807, 2.05) is 24.3 Å². The van der Waals surface area contributed by atoms with Crippen LogP contribution in [0.15, 0.2) is 81.2 Å². The van der Waals surface area contributed by atoms with E-state index in [4.69, 9.17) is 14.2 Å². The molecule has 0 fully saturated rings. The molecule has 0 unspecified atom stereocenters. The lowest BCUT2D eigenvalue weighted by Crippen LogP contribution is -2.39. The fourth-order valence-electron chi connectivity index (χ4n) is 3.09. The molecule has 184 valence electrons. The van der Waals surface area contributed by atoms with Crippen molar-refractivity contribution in [1.82, 2.24) is 5.43 Å². The topological polar surface area (TPSA) is 107 Å². The van der Waals surface area contributed by atoms with Crippen LogP contribution < -0.4 is 23.9 Å². The number of carbonyl (C=O) groups is 1. The van der Waals surface area contributed by atoms with Crippen LogP contribution in [0.5, 0.6) is 17.2 Å². The summed E-state index contributed by atoms with van der Waals surface area (Å²) in [7, 11) is 0.192. The predicted octanol–water partition coefficient (Wildman–Crippen LogP) is 3.82. The summed E-state index contributed by atoms with van der Waals surface area (Å²) in [6.07, 6.45) is 1.46. The zero-order chi connectivity index (χ0) is 25.4. The van der Waals surface area contributed by atoms with Gasteiger partial charge in [-0.25, -0.2) is 13.8 Å². The molecule has 9 nitrogen and oxygen atoms in total. The molecule has 0 atom stereocenters. The lowest BCUT2D eigenvalue weighted by atomic mass is 10.2. The van der Waals surface area contributed by atoms with Gasteiger partial charge in [0.25, 0.3) is 15.9 Å². The van der Waals surface area contributed by atoms with Crippen molar-refractivity contribution >= 4 is 43.8 Å². The van der Waals surface area contributed by atoms with Crippen molar-refractivity contribution in [2.75, 3.05) is 32.2 Å².